The Bertz CT molecular complexity index is 413. The van der Waals surface area contributed by atoms with Crippen LogP contribution in [0.4, 0.5) is 0 Å². The Kier molecular flexibility index (Phi) is 6.03. The lowest BCUT2D eigenvalue weighted by Gasteiger charge is -2.17. The first kappa shape index (κ1) is 14.3. The quantitative estimate of drug-likeness (QED) is 0.754. The number of nitrogens with zero attached hydrogens (tertiary/aromatic N) is 1. The van der Waals surface area contributed by atoms with Gasteiger partial charge in [-0.15, -0.1) is 0 Å². The van der Waals surface area contributed by atoms with Crippen LogP contribution in [0.15, 0.2) is 18.2 Å². The summed E-state index contributed by atoms with van der Waals surface area (Å²) in [4.78, 5) is 0. The highest BCUT2D eigenvalue weighted by Crippen LogP contribution is 2.29. The summed E-state index contributed by atoms with van der Waals surface area (Å²) in [6.07, 6.45) is 1.25. The van der Waals surface area contributed by atoms with Crippen LogP contribution < -0.4 is 14.8 Å². The number of methoxy groups -OCH3 is 1. The van der Waals surface area contributed by atoms with Gasteiger partial charge in [-0.25, -0.2) is 0 Å². The van der Waals surface area contributed by atoms with Crippen LogP contribution in [-0.2, 0) is 0 Å². The van der Waals surface area contributed by atoms with Crippen molar-refractivity contribution in [1.29, 1.82) is 5.26 Å². The van der Waals surface area contributed by atoms with Crippen molar-refractivity contribution < 1.29 is 9.47 Å². The molecule has 1 rings (SSSR count). The zero-order chi connectivity index (χ0) is 13.4. The summed E-state index contributed by atoms with van der Waals surface area (Å²) < 4.78 is 10.9. The number of hydrogen-bond acceptors (Lipinski definition) is 4. The van der Waals surface area contributed by atoms with Crippen molar-refractivity contribution in [2.24, 2.45) is 0 Å². The van der Waals surface area contributed by atoms with Gasteiger partial charge < -0.3 is 14.8 Å². The Morgan fingerprint density at radius 3 is 2.83 bits per heavy atom. The van der Waals surface area contributed by atoms with Gasteiger partial charge in [0.1, 0.15) is 11.5 Å². The van der Waals surface area contributed by atoms with Gasteiger partial charge in [0.2, 0.25) is 0 Å². The first-order chi connectivity index (χ1) is 8.72. The monoisotopic (exact) mass is 248 g/mol. The Balaban J connectivity index is 2.80. The molecule has 1 unspecified atom stereocenters. The second kappa shape index (κ2) is 7.57. The maximum absolute atomic E-state index is 8.49. The minimum absolute atomic E-state index is 0.210. The van der Waals surface area contributed by atoms with E-state index in [1.54, 1.807) is 7.11 Å². The van der Waals surface area contributed by atoms with E-state index in [1.165, 1.54) is 0 Å². The van der Waals surface area contributed by atoms with Crippen LogP contribution in [0.1, 0.15) is 31.4 Å². The zero-order valence-corrected chi connectivity index (χ0v) is 11.2. The van der Waals surface area contributed by atoms with Gasteiger partial charge in [-0.1, -0.05) is 6.07 Å². The first-order valence-electron chi connectivity index (χ1n) is 6.08. The molecule has 0 heterocycles. The maximum atomic E-state index is 8.49. The van der Waals surface area contributed by atoms with E-state index in [4.69, 9.17) is 14.7 Å². The van der Waals surface area contributed by atoms with Crippen molar-refractivity contribution in [3.05, 3.63) is 23.8 Å². The molecule has 4 nitrogen and oxygen atoms in total. The first-order valence-corrected chi connectivity index (χ1v) is 6.08. The predicted octanol–water partition coefficient (Wildman–Crippen LogP) is 2.66. The van der Waals surface area contributed by atoms with Gasteiger partial charge in [-0.05, 0) is 26.5 Å². The van der Waals surface area contributed by atoms with Gasteiger partial charge in [-0.2, -0.15) is 5.26 Å². The second-order valence-electron chi connectivity index (χ2n) is 4.02. The molecular formula is C14H20N2O2. The summed E-state index contributed by atoms with van der Waals surface area (Å²) in [5.74, 6) is 1.59. The highest BCUT2D eigenvalue weighted by atomic mass is 16.5. The Labute approximate surface area is 109 Å². The molecule has 0 aliphatic rings. The Hall–Kier alpha value is -1.73. The van der Waals surface area contributed by atoms with Crippen molar-refractivity contribution >= 4 is 0 Å². The molecule has 0 radical (unpaired) electrons. The number of unbranched alkanes of at least 4 members (excludes halogenated alkanes) is 1. The summed E-state index contributed by atoms with van der Waals surface area (Å²) in [5.41, 5.74) is 1.09. The van der Waals surface area contributed by atoms with E-state index in [0.29, 0.717) is 13.0 Å². The molecule has 0 amide bonds. The van der Waals surface area contributed by atoms with Crippen molar-refractivity contribution in [3.8, 4) is 17.6 Å². The molecule has 0 saturated heterocycles. The van der Waals surface area contributed by atoms with Gasteiger partial charge in [0.15, 0.2) is 0 Å². The summed E-state index contributed by atoms with van der Waals surface area (Å²) >= 11 is 0. The van der Waals surface area contributed by atoms with E-state index in [0.717, 1.165) is 23.5 Å². The van der Waals surface area contributed by atoms with E-state index in [-0.39, 0.29) is 6.04 Å². The standard InChI is InChI=1S/C14H20N2O2/c1-11(16-2)13-7-6-12(17-3)10-14(13)18-9-5-4-8-15/h6-7,10-11,16H,4-5,9H2,1-3H3. The van der Waals surface area contributed by atoms with Crippen molar-refractivity contribution in [3.63, 3.8) is 0 Å². The SMILES string of the molecule is CNC(C)c1ccc(OC)cc1OCCCC#N. The lowest BCUT2D eigenvalue weighted by molar-refractivity contribution is 0.304. The average molecular weight is 248 g/mol. The Morgan fingerprint density at radius 1 is 1.44 bits per heavy atom. The van der Waals surface area contributed by atoms with Gasteiger partial charge in [0, 0.05) is 24.1 Å². The van der Waals surface area contributed by atoms with Crippen LogP contribution in [-0.4, -0.2) is 20.8 Å². The molecule has 0 bridgehead atoms. The van der Waals surface area contributed by atoms with Crippen molar-refractivity contribution in [1.82, 2.24) is 5.32 Å². The van der Waals surface area contributed by atoms with Gasteiger partial charge in [-0.3, -0.25) is 0 Å². The third-order valence-electron chi connectivity index (χ3n) is 2.81. The molecular weight excluding hydrogens is 228 g/mol. The second-order valence-corrected chi connectivity index (χ2v) is 4.02. The fourth-order valence-electron chi connectivity index (χ4n) is 1.61. The topological polar surface area (TPSA) is 54.3 Å². The third-order valence-corrected chi connectivity index (χ3v) is 2.81. The largest absolute Gasteiger partial charge is 0.497 e. The maximum Gasteiger partial charge on any atom is 0.127 e. The molecule has 1 aromatic rings. The summed E-state index contributed by atoms with van der Waals surface area (Å²) in [7, 11) is 3.55. The number of ether oxygens (including phenoxy) is 2. The normalized spacial score (nSPS) is 11.7. The average Bonchev–Trinajstić information content (AvgIpc) is 2.42. The van der Waals surface area contributed by atoms with Crippen molar-refractivity contribution in [2.45, 2.75) is 25.8 Å². The minimum atomic E-state index is 0.210. The molecule has 4 heteroatoms. The molecule has 98 valence electrons. The van der Waals surface area contributed by atoms with Crippen LogP contribution in [0, 0.1) is 11.3 Å². The lowest BCUT2D eigenvalue weighted by Crippen LogP contribution is -2.14. The third kappa shape index (κ3) is 3.94. The fraction of sp³-hybridized carbons (Fsp3) is 0.500. The van der Waals surface area contributed by atoms with Gasteiger partial charge in [0.05, 0.1) is 19.8 Å². The highest BCUT2D eigenvalue weighted by Gasteiger charge is 2.11. The summed E-state index contributed by atoms with van der Waals surface area (Å²) in [6.45, 7) is 2.62. The van der Waals surface area contributed by atoms with Crippen LogP contribution in [0.5, 0.6) is 11.5 Å². The molecule has 1 atom stereocenters. The predicted molar refractivity (Wildman–Crippen MR) is 70.8 cm³/mol. The van der Waals surface area contributed by atoms with Crippen LogP contribution in [0.2, 0.25) is 0 Å². The molecule has 18 heavy (non-hydrogen) atoms. The molecule has 0 fully saturated rings. The number of nitriles is 1. The molecule has 1 aromatic carbocycles. The number of hydrogen-bond donors (Lipinski definition) is 1. The lowest BCUT2D eigenvalue weighted by atomic mass is 10.1. The highest BCUT2D eigenvalue weighted by molar-refractivity contribution is 5.42. The van der Waals surface area contributed by atoms with E-state index >= 15 is 0 Å². The van der Waals surface area contributed by atoms with E-state index in [9.17, 15) is 0 Å². The summed E-state index contributed by atoms with van der Waals surface area (Å²) in [5, 5.41) is 11.7. The van der Waals surface area contributed by atoms with E-state index < -0.39 is 0 Å². The smallest absolute Gasteiger partial charge is 0.127 e. The number of rotatable bonds is 7. The Morgan fingerprint density at radius 2 is 2.22 bits per heavy atom. The van der Waals surface area contributed by atoms with Gasteiger partial charge in [0.25, 0.3) is 0 Å². The summed E-state index contributed by atoms with van der Waals surface area (Å²) in [6, 6.07) is 8.12. The van der Waals surface area contributed by atoms with Crippen molar-refractivity contribution in [2.75, 3.05) is 20.8 Å². The van der Waals surface area contributed by atoms with Crippen LogP contribution in [0.3, 0.4) is 0 Å². The molecule has 0 saturated carbocycles. The molecule has 1 N–H and O–H groups in total. The molecule has 0 spiro atoms. The molecule has 0 aliphatic heterocycles. The van der Waals surface area contributed by atoms with Crippen LogP contribution >= 0.6 is 0 Å². The van der Waals surface area contributed by atoms with E-state index in [2.05, 4.69) is 18.3 Å². The number of nitrogens with one attached hydrogen (secondary N) is 1. The molecule has 0 aliphatic carbocycles. The number of benzene rings is 1. The fourth-order valence-corrected chi connectivity index (χ4v) is 1.61. The van der Waals surface area contributed by atoms with Crippen LogP contribution in [0.25, 0.3) is 0 Å². The zero-order valence-electron chi connectivity index (χ0n) is 11.2. The van der Waals surface area contributed by atoms with Gasteiger partial charge >= 0.3 is 0 Å². The minimum Gasteiger partial charge on any atom is -0.497 e. The van der Waals surface area contributed by atoms with E-state index in [1.807, 2.05) is 25.2 Å². The molecule has 0 aromatic heterocycles.